The molecule has 2 aliphatic rings. The zero-order valence-corrected chi connectivity index (χ0v) is 19.6. The zero-order valence-electron chi connectivity index (χ0n) is 18.8. The van der Waals surface area contributed by atoms with Crippen LogP contribution < -0.4 is 10.6 Å². The third-order valence-electron chi connectivity index (χ3n) is 6.78. The molecule has 8 nitrogen and oxygen atoms in total. The van der Waals surface area contributed by atoms with Gasteiger partial charge in [0.05, 0.1) is 33.5 Å². The first-order chi connectivity index (χ1) is 16.6. The number of carbonyl (C=O) groups excluding carboxylic acids is 2. The van der Waals surface area contributed by atoms with E-state index in [-0.39, 0.29) is 5.91 Å². The Morgan fingerprint density at radius 2 is 2.03 bits per heavy atom. The van der Waals surface area contributed by atoms with Crippen LogP contribution in [0.2, 0.25) is 0 Å². The van der Waals surface area contributed by atoms with Crippen LogP contribution in [0.15, 0.2) is 41.9 Å². The van der Waals surface area contributed by atoms with Crippen LogP contribution in [-0.2, 0) is 20.9 Å². The first kappa shape index (κ1) is 21.3. The maximum atomic E-state index is 13.1. The van der Waals surface area contributed by atoms with E-state index in [1.807, 2.05) is 40.4 Å². The molecule has 34 heavy (non-hydrogen) atoms. The fraction of sp³-hybridized carbons (Fsp3) is 0.320. The molecule has 0 aliphatic carbocycles. The number of ether oxygens (including phenoxy) is 1. The average molecular weight is 476 g/mol. The van der Waals surface area contributed by atoms with E-state index < -0.39 is 5.91 Å². The number of para-hydroxylation sites is 1. The van der Waals surface area contributed by atoms with Crippen LogP contribution in [0.1, 0.15) is 24.1 Å². The standard InChI is InChI=1S/C25H25N5O3S/c1-33-13-15-10-14(6-8-26-15)12-30-19-5-3-2-4-16(19)22(29-30)21-20(24(31)28-25(21)32)17-11-27-18-7-9-34-23(17)18/h2-5,7,9,11,14-15,26-27H,6,8,10,12-13H2,1H3,(H,28,31,32). The zero-order chi connectivity index (χ0) is 23.2. The lowest BCUT2D eigenvalue weighted by Crippen LogP contribution is -2.42. The smallest absolute Gasteiger partial charge is 0.261 e. The molecule has 9 heteroatoms. The highest BCUT2D eigenvalue weighted by Gasteiger charge is 2.36. The number of thiophene rings is 1. The fourth-order valence-corrected chi connectivity index (χ4v) is 6.14. The number of aromatic nitrogens is 3. The number of aromatic amines is 1. The number of hydrogen-bond acceptors (Lipinski definition) is 6. The van der Waals surface area contributed by atoms with Gasteiger partial charge >= 0.3 is 0 Å². The van der Waals surface area contributed by atoms with Crippen molar-refractivity contribution >= 4 is 55.4 Å². The predicted molar refractivity (Wildman–Crippen MR) is 132 cm³/mol. The SMILES string of the molecule is COCC1CC(Cn2nc(C3=C(c4c[nH]c5ccsc45)C(=O)NC3=O)c3ccccc32)CCN1. The molecular formula is C25H25N5O3S. The lowest BCUT2D eigenvalue weighted by molar-refractivity contribution is -0.122. The maximum Gasteiger partial charge on any atom is 0.261 e. The number of rotatable bonds is 6. The van der Waals surface area contributed by atoms with Crippen molar-refractivity contribution < 1.29 is 14.3 Å². The van der Waals surface area contributed by atoms with Gasteiger partial charge in [-0.2, -0.15) is 5.10 Å². The number of carbonyl (C=O) groups is 2. The first-order valence-corrected chi connectivity index (χ1v) is 12.3. The van der Waals surface area contributed by atoms with Crippen LogP contribution in [-0.4, -0.2) is 52.9 Å². The van der Waals surface area contributed by atoms with Gasteiger partial charge in [0, 0.05) is 36.8 Å². The van der Waals surface area contributed by atoms with Crippen molar-refractivity contribution in [3.05, 3.63) is 53.2 Å². The summed E-state index contributed by atoms with van der Waals surface area (Å²) in [5, 5.41) is 13.8. The van der Waals surface area contributed by atoms with Crippen molar-refractivity contribution in [3.63, 3.8) is 0 Å². The van der Waals surface area contributed by atoms with E-state index in [1.54, 1.807) is 24.6 Å². The molecule has 1 saturated heterocycles. The van der Waals surface area contributed by atoms with Gasteiger partial charge in [-0.3, -0.25) is 19.6 Å². The van der Waals surface area contributed by atoms with Gasteiger partial charge in [-0.15, -0.1) is 11.3 Å². The number of nitrogens with one attached hydrogen (secondary N) is 3. The monoisotopic (exact) mass is 475 g/mol. The summed E-state index contributed by atoms with van der Waals surface area (Å²) in [6, 6.07) is 10.2. The molecule has 1 aromatic carbocycles. The lowest BCUT2D eigenvalue weighted by Gasteiger charge is -2.30. The number of benzene rings is 1. The summed E-state index contributed by atoms with van der Waals surface area (Å²) in [6.45, 7) is 2.38. The molecule has 4 aromatic rings. The topological polar surface area (TPSA) is 101 Å². The number of fused-ring (bicyclic) bond motifs is 2. The first-order valence-electron chi connectivity index (χ1n) is 11.5. The summed E-state index contributed by atoms with van der Waals surface area (Å²) in [4.78, 5) is 29.2. The minimum atomic E-state index is -0.400. The minimum absolute atomic E-state index is 0.333. The highest BCUT2D eigenvalue weighted by Crippen LogP contribution is 2.38. The third-order valence-corrected chi connectivity index (χ3v) is 7.73. The number of imide groups is 1. The largest absolute Gasteiger partial charge is 0.383 e. The van der Waals surface area contributed by atoms with Crippen LogP contribution in [0.25, 0.3) is 32.3 Å². The Labute approximate surface area is 200 Å². The Kier molecular flexibility index (Phi) is 5.32. The van der Waals surface area contributed by atoms with Gasteiger partial charge in [0.1, 0.15) is 5.69 Å². The van der Waals surface area contributed by atoms with Crippen molar-refractivity contribution in [1.29, 1.82) is 0 Å². The molecule has 2 amide bonds. The van der Waals surface area contributed by atoms with Crippen molar-refractivity contribution in [2.24, 2.45) is 5.92 Å². The van der Waals surface area contributed by atoms with Gasteiger partial charge in [-0.25, -0.2) is 0 Å². The summed E-state index contributed by atoms with van der Waals surface area (Å²) in [5.74, 6) is -0.336. The van der Waals surface area contributed by atoms with Gasteiger partial charge in [-0.05, 0) is 42.8 Å². The Morgan fingerprint density at radius 3 is 2.91 bits per heavy atom. The molecule has 0 radical (unpaired) electrons. The molecule has 2 aliphatic heterocycles. The highest BCUT2D eigenvalue weighted by atomic mass is 32.1. The van der Waals surface area contributed by atoms with E-state index in [9.17, 15) is 9.59 Å². The molecule has 2 atom stereocenters. The Morgan fingerprint density at radius 1 is 1.18 bits per heavy atom. The molecule has 5 heterocycles. The van der Waals surface area contributed by atoms with Crippen LogP contribution in [0, 0.1) is 5.92 Å². The van der Waals surface area contributed by atoms with Crippen molar-refractivity contribution in [3.8, 4) is 0 Å². The number of methoxy groups -OCH3 is 1. The fourth-order valence-electron chi connectivity index (χ4n) is 5.26. The van der Waals surface area contributed by atoms with Crippen LogP contribution in [0.5, 0.6) is 0 Å². The van der Waals surface area contributed by atoms with Gasteiger partial charge in [0.2, 0.25) is 0 Å². The van der Waals surface area contributed by atoms with Gasteiger partial charge in [0.25, 0.3) is 11.8 Å². The molecule has 1 fully saturated rings. The van der Waals surface area contributed by atoms with E-state index in [1.165, 1.54) is 0 Å². The van der Waals surface area contributed by atoms with Crippen LogP contribution in [0.4, 0.5) is 0 Å². The summed E-state index contributed by atoms with van der Waals surface area (Å²) in [5.41, 5.74) is 3.94. The molecule has 3 aromatic heterocycles. The second-order valence-corrected chi connectivity index (χ2v) is 9.86. The molecule has 0 bridgehead atoms. The summed E-state index contributed by atoms with van der Waals surface area (Å²) >= 11 is 1.55. The van der Waals surface area contributed by atoms with E-state index >= 15 is 0 Å². The molecule has 0 saturated carbocycles. The number of amides is 2. The third kappa shape index (κ3) is 3.48. The number of H-pyrrole nitrogens is 1. The average Bonchev–Trinajstić information content (AvgIpc) is 3.58. The van der Waals surface area contributed by atoms with Crippen LogP contribution >= 0.6 is 11.3 Å². The van der Waals surface area contributed by atoms with E-state index in [4.69, 9.17) is 9.84 Å². The summed E-state index contributed by atoms with van der Waals surface area (Å²) in [7, 11) is 1.73. The second kappa shape index (κ2) is 8.50. The van der Waals surface area contributed by atoms with Crippen LogP contribution in [0.3, 0.4) is 0 Å². The molecule has 3 N–H and O–H groups in total. The molecule has 2 unspecified atom stereocenters. The quantitative estimate of drug-likeness (QED) is 0.372. The second-order valence-electron chi connectivity index (χ2n) is 8.94. The van der Waals surface area contributed by atoms with E-state index in [0.717, 1.165) is 52.6 Å². The number of piperidine rings is 1. The maximum absolute atomic E-state index is 13.1. The van der Waals surface area contributed by atoms with E-state index in [0.29, 0.717) is 35.4 Å². The minimum Gasteiger partial charge on any atom is -0.383 e. The highest BCUT2D eigenvalue weighted by molar-refractivity contribution is 7.17. The molecule has 0 spiro atoms. The normalized spacial score (nSPS) is 21.2. The van der Waals surface area contributed by atoms with Gasteiger partial charge in [-0.1, -0.05) is 18.2 Å². The van der Waals surface area contributed by atoms with E-state index in [2.05, 4.69) is 15.6 Å². The summed E-state index contributed by atoms with van der Waals surface area (Å²) in [6.07, 6.45) is 3.86. The van der Waals surface area contributed by atoms with Crippen molar-refractivity contribution in [2.75, 3.05) is 20.3 Å². The number of hydrogen-bond donors (Lipinski definition) is 3. The molecular weight excluding hydrogens is 450 g/mol. The van der Waals surface area contributed by atoms with Gasteiger partial charge < -0.3 is 15.0 Å². The summed E-state index contributed by atoms with van der Waals surface area (Å²) < 4.78 is 8.31. The Hall–Kier alpha value is -3.27. The van der Waals surface area contributed by atoms with Gasteiger partial charge in [0.15, 0.2) is 0 Å². The Bertz CT molecular complexity index is 1440. The molecule has 174 valence electrons. The number of nitrogens with zero attached hydrogens (tertiary/aromatic N) is 2. The molecule has 6 rings (SSSR count). The van der Waals surface area contributed by atoms with Crippen molar-refractivity contribution in [2.45, 2.75) is 25.4 Å². The predicted octanol–water partition coefficient (Wildman–Crippen LogP) is 3.16. The Balaban J connectivity index is 1.46. The lowest BCUT2D eigenvalue weighted by atomic mass is 9.93. The van der Waals surface area contributed by atoms with Crippen molar-refractivity contribution in [1.82, 2.24) is 25.4 Å².